The molecular formula is C14H19N3O2S. The zero-order chi connectivity index (χ0) is 14.6. The quantitative estimate of drug-likeness (QED) is 0.887. The number of sulfone groups is 1. The molecular weight excluding hydrogens is 274 g/mol. The highest BCUT2D eigenvalue weighted by Gasteiger charge is 2.17. The minimum atomic E-state index is -3.22. The van der Waals surface area contributed by atoms with Gasteiger partial charge in [-0.05, 0) is 18.6 Å². The fourth-order valence-electron chi connectivity index (χ4n) is 2.02. The lowest BCUT2D eigenvalue weighted by Gasteiger charge is -2.11. The standard InChI is InChI=1S/C14H19N3O2S/c1-3-8-20(18,19)14-7-5-4-6-13(14)15-9-12-10-16-17(2)11-12/h4-7,10-11,15H,3,8-9H2,1-2H3. The molecule has 0 aliphatic rings. The van der Waals surface area contributed by atoms with Crippen LogP contribution in [-0.2, 0) is 23.4 Å². The Bertz CT molecular complexity index is 677. The van der Waals surface area contributed by atoms with Gasteiger partial charge >= 0.3 is 0 Å². The number of aryl methyl sites for hydroxylation is 1. The average Bonchev–Trinajstić information content (AvgIpc) is 2.82. The molecule has 1 N–H and O–H groups in total. The molecule has 0 aliphatic carbocycles. The van der Waals surface area contributed by atoms with E-state index >= 15 is 0 Å². The predicted octanol–water partition coefficient (Wildman–Crippen LogP) is 2.22. The van der Waals surface area contributed by atoms with E-state index in [-0.39, 0.29) is 5.75 Å². The molecule has 0 aliphatic heterocycles. The van der Waals surface area contributed by atoms with Crippen molar-refractivity contribution in [1.29, 1.82) is 0 Å². The van der Waals surface area contributed by atoms with Crippen molar-refractivity contribution in [3.8, 4) is 0 Å². The normalized spacial score (nSPS) is 11.5. The molecule has 0 saturated carbocycles. The summed E-state index contributed by atoms with van der Waals surface area (Å²) in [6.45, 7) is 2.41. The van der Waals surface area contributed by atoms with Crippen LogP contribution in [-0.4, -0.2) is 24.0 Å². The van der Waals surface area contributed by atoms with Crippen molar-refractivity contribution in [2.24, 2.45) is 7.05 Å². The fraction of sp³-hybridized carbons (Fsp3) is 0.357. The number of hydrogen-bond donors (Lipinski definition) is 1. The van der Waals surface area contributed by atoms with Gasteiger partial charge < -0.3 is 5.32 Å². The van der Waals surface area contributed by atoms with E-state index in [1.54, 1.807) is 29.1 Å². The van der Waals surface area contributed by atoms with Gasteiger partial charge in [-0.25, -0.2) is 8.42 Å². The van der Waals surface area contributed by atoms with Crippen LogP contribution in [0, 0.1) is 0 Å². The van der Waals surface area contributed by atoms with Crippen molar-refractivity contribution in [3.63, 3.8) is 0 Å². The summed E-state index contributed by atoms with van der Waals surface area (Å²) < 4.78 is 26.1. The number of para-hydroxylation sites is 1. The summed E-state index contributed by atoms with van der Waals surface area (Å²) >= 11 is 0. The first-order valence-corrected chi connectivity index (χ1v) is 8.21. The highest BCUT2D eigenvalue weighted by Crippen LogP contribution is 2.23. The number of nitrogens with zero attached hydrogens (tertiary/aromatic N) is 2. The van der Waals surface area contributed by atoms with Gasteiger partial charge in [0.15, 0.2) is 9.84 Å². The number of anilines is 1. The smallest absolute Gasteiger partial charge is 0.180 e. The average molecular weight is 293 g/mol. The molecule has 0 atom stereocenters. The second-order valence-electron chi connectivity index (χ2n) is 4.69. The first-order chi connectivity index (χ1) is 9.53. The number of rotatable bonds is 6. The Labute approximate surface area is 119 Å². The van der Waals surface area contributed by atoms with Crippen LogP contribution < -0.4 is 5.32 Å². The molecule has 2 rings (SSSR count). The van der Waals surface area contributed by atoms with Crippen LogP contribution in [0.4, 0.5) is 5.69 Å². The maximum absolute atomic E-state index is 12.2. The molecule has 1 aromatic carbocycles. The molecule has 1 heterocycles. The van der Waals surface area contributed by atoms with E-state index in [1.807, 2.05) is 26.2 Å². The Morgan fingerprint density at radius 1 is 1.30 bits per heavy atom. The number of hydrogen-bond acceptors (Lipinski definition) is 4. The minimum Gasteiger partial charge on any atom is -0.380 e. The van der Waals surface area contributed by atoms with Gasteiger partial charge in [-0.3, -0.25) is 4.68 Å². The number of aromatic nitrogens is 2. The summed E-state index contributed by atoms with van der Waals surface area (Å²) in [5, 5.41) is 7.26. The molecule has 0 radical (unpaired) electrons. The Kier molecular flexibility index (Phi) is 4.44. The molecule has 0 unspecified atom stereocenters. The van der Waals surface area contributed by atoms with Crippen molar-refractivity contribution in [3.05, 3.63) is 42.2 Å². The second-order valence-corrected chi connectivity index (χ2v) is 6.77. The summed E-state index contributed by atoms with van der Waals surface area (Å²) in [6, 6.07) is 7.02. The van der Waals surface area contributed by atoms with Gasteiger partial charge in [-0.15, -0.1) is 0 Å². The molecule has 2 aromatic rings. The number of nitrogens with one attached hydrogen (secondary N) is 1. The van der Waals surface area contributed by atoms with Crippen LogP contribution in [0.1, 0.15) is 18.9 Å². The second kappa shape index (κ2) is 6.09. The Morgan fingerprint density at radius 2 is 2.05 bits per heavy atom. The maximum atomic E-state index is 12.2. The van der Waals surface area contributed by atoms with Gasteiger partial charge in [0.1, 0.15) is 0 Å². The van der Waals surface area contributed by atoms with E-state index in [1.165, 1.54) is 0 Å². The largest absolute Gasteiger partial charge is 0.380 e. The van der Waals surface area contributed by atoms with E-state index in [9.17, 15) is 8.42 Å². The van der Waals surface area contributed by atoms with Gasteiger partial charge in [-0.2, -0.15) is 5.10 Å². The molecule has 1 aromatic heterocycles. The summed E-state index contributed by atoms with van der Waals surface area (Å²) in [7, 11) is -1.37. The van der Waals surface area contributed by atoms with Gasteiger partial charge in [0.25, 0.3) is 0 Å². The predicted molar refractivity (Wildman–Crippen MR) is 79.3 cm³/mol. The zero-order valence-electron chi connectivity index (χ0n) is 11.7. The summed E-state index contributed by atoms with van der Waals surface area (Å²) in [6.07, 6.45) is 4.27. The third kappa shape index (κ3) is 3.39. The van der Waals surface area contributed by atoms with Crippen LogP contribution in [0.3, 0.4) is 0 Å². The third-order valence-electron chi connectivity index (χ3n) is 2.94. The van der Waals surface area contributed by atoms with Crippen molar-refractivity contribution in [1.82, 2.24) is 9.78 Å². The van der Waals surface area contributed by atoms with Crippen LogP contribution in [0.2, 0.25) is 0 Å². The monoisotopic (exact) mass is 293 g/mol. The Hall–Kier alpha value is -1.82. The van der Waals surface area contributed by atoms with E-state index < -0.39 is 9.84 Å². The Balaban J connectivity index is 2.20. The lowest BCUT2D eigenvalue weighted by atomic mass is 10.3. The molecule has 0 fully saturated rings. The van der Waals surface area contributed by atoms with E-state index in [0.29, 0.717) is 23.5 Å². The summed E-state index contributed by atoms with van der Waals surface area (Å²) in [5.74, 6) is 0.165. The van der Waals surface area contributed by atoms with Gasteiger partial charge in [0.05, 0.1) is 22.5 Å². The van der Waals surface area contributed by atoms with Crippen LogP contribution in [0.15, 0.2) is 41.6 Å². The van der Waals surface area contributed by atoms with Crippen molar-refractivity contribution >= 4 is 15.5 Å². The highest BCUT2D eigenvalue weighted by atomic mass is 32.2. The van der Waals surface area contributed by atoms with Gasteiger partial charge in [0, 0.05) is 25.4 Å². The third-order valence-corrected chi connectivity index (χ3v) is 4.91. The minimum absolute atomic E-state index is 0.165. The molecule has 108 valence electrons. The van der Waals surface area contributed by atoms with E-state index in [4.69, 9.17) is 0 Å². The first-order valence-electron chi connectivity index (χ1n) is 6.56. The molecule has 0 spiro atoms. The summed E-state index contributed by atoms with van der Waals surface area (Å²) in [5.41, 5.74) is 1.65. The van der Waals surface area contributed by atoms with Crippen molar-refractivity contribution < 1.29 is 8.42 Å². The van der Waals surface area contributed by atoms with Crippen LogP contribution in [0.5, 0.6) is 0 Å². The Morgan fingerprint density at radius 3 is 2.70 bits per heavy atom. The number of benzene rings is 1. The van der Waals surface area contributed by atoms with Gasteiger partial charge in [0.2, 0.25) is 0 Å². The van der Waals surface area contributed by atoms with Crippen molar-refractivity contribution in [2.75, 3.05) is 11.1 Å². The maximum Gasteiger partial charge on any atom is 0.180 e. The molecule has 6 heteroatoms. The van der Waals surface area contributed by atoms with E-state index in [2.05, 4.69) is 10.4 Å². The van der Waals surface area contributed by atoms with Crippen LogP contribution >= 0.6 is 0 Å². The first kappa shape index (κ1) is 14.6. The molecule has 20 heavy (non-hydrogen) atoms. The van der Waals surface area contributed by atoms with E-state index in [0.717, 1.165) is 5.56 Å². The fourth-order valence-corrected chi connectivity index (χ4v) is 3.54. The zero-order valence-corrected chi connectivity index (χ0v) is 12.5. The van der Waals surface area contributed by atoms with Crippen LogP contribution in [0.25, 0.3) is 0 Å². The molecule has 5 nitrogen and oxygen atoms in total. The molecule has 0 amide bonds. The topological polar surface area (TPSA) is 64.0 Å². The van der Waals surface area contributed by atoms with Gasteiger partial charge in [-0.1, -0.05) is 19.1 Å². The molecule has 0 saturated heterocycles. The SMILES string of the molecule is CCCS(=O)(=O)c1ccccc1NCc1cnn(C)c1. The van der Waals surface area contributed by atoms with Crippen molar-refractivity contribution in [2.45, 2.75) is 24.8 Å². The lowest BCUT2D eigenvalue weighted by Crippen LogP contribution is -2.10. The lowest BCUT2D eigenvalue weighted by molar-refractivity contribution is 0.595. The summed E-state index contributed by atoms with van der Waals surface area (Å²) in [4.78, 5) is 0.366. The highest BCUT2D eigenvalue weighted by molar-refractivity contribution is 7.91. The molecule has 0 bridgehead atoms.